The van der Waals surface area contributed by atoms with Crippen molar-refractivity contribution in [1.82, 2.24) is 0 Å². The Hall–Kier alpha value is -0.970. The monoisotopic (exact) mass is 294 g/mol. The van der Waals surface area contributed by atoms with Gasteiger partial charge in [-0.15, -0.1) is 0 Å². The van der Waals surface area contributed by atoms with Gasteiger partial charge in [0.1, 0.15) is 5.82 Å². The van der Waals surface area contributed by atoms with Gasteiger partial charge in [0.05, 0.1) is 11.2 Å². The molecule has 0 bridgehead atoms. The van der Waals surface area contributed by atoms with E-state index in [4.69, 9.17) is 9.47 Å². The molecule has 0 amide bonds. The highest BCUT2D eigenvalue weighted by Gasteiger charge is 2.45. The summed E-state index contributed by atoms with van der Waals surface area (Å²) in [4.78, 5) is 0. The molecular formula is C17H23FO3. The van der Waals surface area contributed by atoms with Crippen LogP contribution in [0.15, 0.2) is 24.3 Å². The van der Waals surface area contributed by atoms with Crippen LogP contribution in [-0.2, 0) is 15.1 Å². The van der Waals surface area contributed by atoms with Gasteiger partial charge in [0.15, 0.2) is 0 Å². The molecular weight excluding hydrogens is 271 g/mol. The van der Waals surface area contributed by atoms with Gasteiger partial charge in [-0.1, -0.05) is 12.1 Å². The predicted molar refractivity (Wildman–Crippen MR) is 77.4 cm³/mol. The van der Waals surface area contributed by atoms with Gasteiger partial charge in [0.25, 0.3) is 0 Å². The van der Waals surface area contributed by atoms with Crippen molar-refractivity contribution in [2.45, 2.75) is 43.8 Å². The lowest BCUT2D eigenvalue weighted by Crippen LogP contribution is -2.48. The standard InChI is InChI=1S/C17H23FO3/c1-16(19,13-3-2-4-15(18)11-13)14-5-8-21-17(12-14)6-9-20-10-7-17/h2-4,11,14,19H,5-10,12H2,1H3. The van der Waals surface area contributed by atoms with E-state index in [2.05, 4.69) is 0 Å². The van der Waals surface area contributed by atoms with Crippen molar-refractivity contribution in [3.63, 3.8) is 0 Å². The Bertz CT molecular complexity index is 489. The summed E-state index contributed by atoms with van der Waals surface area (Å²) < 4.78 is 24.9. The minimum Gasteiger partial charge on any atom is -0.385 e. The van der Waals surface area contributed by atoms with Gasteiger partial charge >= 0.3 is 0 Å². The summed E-state index contributed by atoms with van der Waals surface area (Å²) in [6.07, 6.45) is 3.36. The molecule has 2 aliphatic heterocycles. The molecule has 2 heterocycles. The van der Waals surface area contributed by atoms with Gasteiger partial charge < -0.3 is 14.6 Å². The molecule has 2 unspecified atom stereocenters. The van der Waals surface area contributed by atoms with Crippen LogP contribution in [0, 0.1) is 11.7 Å². The molecule has 1 spiro atoms. The molecule has 2 saturated heterocycles. The number of hydrogen-bond donors (Lipinski definition) is 1. The lowest BCUT2D eigenvalue weighted by molar-refractivity contribution is -0.174. The molecule has 3 rings (SSSR count). The fourth-order valence-electron chi connectivity index (χ4n) is 3.64. The van der Waals surface area contributed by atoms with Crippen LogP contribution in [-0.4, -0.2) is 30.5 Å². The Morgan fingerprint density at radius 3 is 2.76 bits per heavy atom. The first-order valence-electron chi connectivity index (χ1n) is 7.72. The Balaban J connectivity index is 1.81. The topological polar surface area (TPSA) is 38.7 Å². The van der Waals surface area contributed by atoms with E-state index in [1.165, 1.54) is 12.1 Å². The molecule has 0 aliphatic carbocycles. The van der Waals surface area contributed by atoms with Gasteiger partial charge in [-0.3, -0.25) is 0 Å². The zero-order valence-electron chi connectivity index (χ0n) is 12.5. The maximum Gasteiger partial charge on any atom is 0.123 e. The Morgan fingerprint density at radius 2 is 2.05 bits per heavy atom. The first kappa shape index (κ1) is 14.9. The predicted octanol–water partition coefficient (Wildman–Crippen LogP) is 3.01. The van der Waals surface area contributed by atoms with Gasteiger partial charge in [0.2, 0.25) is 0 Å². The summed E-state index contributed by atoms with van der Waals surface area (Å²) in [5.74, 6) is -0.230. The van der Waals surface area contributed by atoms with Crippen molar-refractivity contribution >= 4 is 0 Å². The molecule has 2 atom stereocenters. The maximum absolute atomic E-state index is 13.5. The molecule has 1 aromatic carbocycles. The van der Waals surface area contributed by atoms with Crippen molar-refractivity contribution < 1.29 is 19.0 Å². The second kappa shape index (κ2) is 5.67. The Kier molecular flexibility index (Phi) is 4.04. The van der Waals surface area contributed by atoms with Crippen molar-refractivity contribution in [2.24, 2.45) is 5.92 Å². The molecule has 4 heteroatoms. The summed E-state index contributed by atoms with van der Waals surface area (Å²) in [5, 5.41) is 11.0. The smallest absolute Gasteiger partial charge is 0.123 e. The van der Waals surface area contributed by atoms with Crippen LogP contribution >= 0.6 is 0 Å². The van der Waals surface area contributed by atoms with E-state index in [0.717, 1.165) is 38.9 Å². The summed E-state index contributed by atoms with van der Waals surface area (Å²) in [5.41, 5.74) is -0.549. The van der Waals surface area contributed by atoms with Crippen LogP contribution < -0.4 is 0 Å². The van der Waals surface area contributed by atoms with Gasteiger partial charge in [-0.05, 0) is 56.2 Å². The van der Waals surface area contributed by atoms with Gasteiger partial charge in [-0.2, -0.15) is 0 Å². The molecule has 2 fully saturated rings. The fraction of sp³-hybridized carbons (Fsp3) is 0.647. The van der Waals surface area contributed by atoms with Crippen molar-refractivity contribution in [2.75, 3.05) is 19.8 Å². The molecule has 21 heavy (non-hydrogen) atoms. The number of benzene rings is 1. The second-order valence-corrected chi connectivity index (χ2v) is 6.49. The Labute approximate surface area is 125 Å². The van der Waals surface area contributed by atoms with Crippen LogP contribution in [0.4, 0.5) is 4.39 Å². The average molecular weight is 294 g/mol. The van der Waals surface area contributed by atoms with Crippen molar-refractivity contribution in [1.29, 1.82) is 0 Å². The van der Waals surface area contributed by atoms with Gasteiger partial charge in [0, 0.05) is 19.8 Å². The molecule has 2 aliphatic rings. The van der Waals surface area contributed by atoms with Gasteiger partial charge in [-0.25, -0.2) is 4.39 Å². The number of aliphatic hydroxyl groups is 1. The number of hydrogen-bond acceptors (Lipinski definition) is 3. The zero-order valence-corrected chi connectivity index (χ0v) is 12.5. The van der Waals surface area contributed by atoms with E-state index in [0.29, 0.717) is 12.2 Å². The second-order valence-electron chi connectivity index (χ2n) is 6.49. The minimum absolute atomic E-state index is 0.0751. The van der Waals surface area contributed by atoms with E-state index in [1.54, 1.807) is 19.1 Å². The maximum atomic E-state index is 13.5. The first-order valence-corrected chi connectivity index (χ1v) is 7.72. The fourth-order valence-corrected chi connectivity index (χ4v) is 3.64. The number of ether oxygens (including phenoxy) is 2. The molecule has 0 saturated carbocycles. The Morgan fingerprint density at radius 1 is 1.29 bits per heavy atom. The van der Waals surface area contributed by atoms with E-state index < -0.39 is 5.60 Å². The van der Waals surface area contributed by atoms with Crippen molar-refractivity contribution in [3.8, 4) is 0 Å². The summed E-state index contributed by atoms with van der Waals surface area (Å²) in [6, 6.07) is 6.30. The third-order valence-electron chi connectivity index (χ3n) is 5.10. The van der Waals surface area contributed by atoms with Crippen LogP contribution in [0.25, 0.3) is 0 Å². The van der Waals surface area contributed by atoms with Crippen LogP contribution in [0.5, 0.6) is 0 Å². The lowest BCUT2D eigenvalue weighted by atomic mass is 9.71. The molecule has 1 aromatic rings. The van der Waals surface area contributed by atoms with Crippen LogP contribution in [0.2, 0.25) is 0 Å². The SMILES string of the molecule is CC(O)(c1cccc(F)c1)C1CCOC2(CCOCC2)C1. The third kappa shape index (κ3) is 2.98. The van der Waals surface area contributed by atoms with Crippen LogP contribution in [0.3, 0.4) is 0 Å². The average Bonchev–Trinajstić information content (AvgIpc) is 2.48. The summed E-state index contributed by atoms with van der Waals surface area (Å²) in [6.45, 7) is 3.88. The first-order chi connectivity index (χ1) is 10.0. The summed E-state index contributed by atoms with van der Waals surface area (Å²) in [7, 11) is 0. The normalized spacial score (nSPS) is 28.2. The molecule has 116 valence electrons. The lowest BCUT2D eigenvalue weighted by Gasteiger charge is -2.47. The molecule has 0 radical (unpaired) electrons. The van der Waals surface area contributed by atoms with Crippen LogP contribution in [0.1, 0.15) is 38.2 Å². The highest BCUT2D eigenvalue weighted by molar-refractivity contribution is 5.24. The van der Waals surface area contributed by atoms with E-state index in [1.807, 2.05) is 0 Å². The van der Waals surface area contributed by atoms with E-state index >= 15 is 0 Å². The number of halogens is 1. The molecule has 1 N–H and O–H groups in total. The highest BCUT2D eigenvalue weighted by Crippen LogP contribution is 2.44. The number of rotatable bonds is 2. The van der Waals surface area contributed by atoms with E-state index in [9.17, 15) is 9.50 Å². The minimum atomic E-state index is -1.03. The molecule has 0 aromatic heterocycles. The zero-order chi connectivity index (χ0) is 14.9. The highest BCUT2D eigenvalue weighted by atomic mass is 19.1. The van der Waals surface area contributed by atoms with E-state index in [-0.39, 0.29) is 17.3 Å². The third-order valence-corrected chi connectivity index (χ3v) is 5.10. The largest absolute Gasteiger partial charge is 0.385 e. The van der Waals surface area contributed by atoms with Crippen molar-refractivity contribution in [3.05, 3.63) is 35.6 Å². The molecule has 3 nitrogen and oxygen atoms in total. The quantitative estimate of drug-likeness (QED) is 0.911. The summed E-state index contributed by atoms with van der Waals surface area (Å²) >= 11 is 0.